The van der Waals surface area contributed by atoms with Crippen LogP contribution in [-0.2, 0) is 78.2 Å². The summed E-state index contributed by atoms with van der Waals surface area (Å²) < 4.78 is 30.4. The molecule has 1 saturated carbocycles. The monoisotopic (exact) mass is 1210 g/mol. The van der Waals surface area contributed by atoms with Gasteiger partial charge in [0.1, 0.15) is 36.9 Å². The van der Waals surface area contributed by atoms with Gasteiger partial charge < -0.3 is 61.1 Å². The van der Waals surface area contributed by atoms with Crippen LogP contribution in [-0.4, -0.2) is 144 Å². The predicted octanol–water partition coefficient (Wildman–Crippen LogP) is 5.14. The molecule has 87 heavy (non-hydrogen) atoms. The van der Waals surface area contributed by atoms with Crippen molar-refractivity contribution < 1.29 is 81.5 Å². The highest BCUT2D eigenvalue weighted by atomic mass is 16.6. The summed E-state index contributed by atoms with van der Waals surface area (Å²) >= 11 is 0. The Kier molecular flexibility index (Phi) is 23.8. The molecular weight excluding hydrogens is 1130 g/mol. The average Bonchev–Trinajstić information content (AvgIpc) is 1.51. The smallest absolute Gasteiger partial charge is 0.330 e. The van der Waals surface area contributed by atoms with Crippen molar-refractivity contribution in [2.24, 2.45) is 39.7 Å². The molecule has 10 atom stereocenters. The molecule has 24 nitrogen and oxygen atoms in total. The Hall–Kier alpha value is -7.73. The van der Waals surface area contributed by atoms with E-state index < -0.39 is 99.9 Å². The Labute approximate surface area is 507 Å². The van der Waals surface area contributed by atoms with Crippen LogP contribution in [0.5, 0.6) is 0 Å². The number of aliphatic carboxylic acids is 1. The number of ether oxygens (including phenoxy) is 5. The molecule has 3 heterocycles. The molecule has 2 saturated heterocycles. The van der Waals surface area contributed by atoms with Gasteiger partial charge in [0.25, 0.3) is 11.8 Å². The lowest BCUT2D eigenvalue weighted by molar-refractivity contribution is -0.218. The molecule has 476 valence electrons. The highest BCUT2D eigenvalue weighted by Crippen LogP contribution is 2.71. The van der Waals surface area contributed by atoms with Gasteiger partial charge in [0.2, 0.25) is 23.6 Å². The number of allylic oxidation sites excluding steroid dienone is 3. The number of unbranched alkanes of at least 4 members (excludes halogenated alkanes) is 2. The number of esters is 3. The molecule has 5 unspecified atom stereocenters. The standard InChI is InChI=1S/C63H87N7O17/c1-9-42(28-33-83-51(76)19-13-12-18-50(74)75)53(57(80)85-36-62-30-26-39(4)34-46(62)87-45-27-29-61(62,8)63(45)37-86-63)69-58(81)60(6,7)40(5)56(79)84-35-41-20-22-43(23-21-41)66-54(77)44(16-15-31-65-59(64)82)67-55(78)52(38(2)3)68-47(71)17-11-10-14-32-70-48(72)24-25-49(70)73/h12-13,18-25,34,38,40,42,44-46,52-53H,9-11,14-17,26-33,35-37H2,1-8H3,(H,66,77)(H,67,78)(H,68,71)(H,69,81)(H,74,75)(H3,64,65,82)/b18-12-,19-13+/t40?,42-,44+,45?,46-,52?,53?,61?,62-,63+/m1/s1. The van der Waals surface area contributed by atoms with E-state index in [9.17, 15) is 52.7 Å². The molecule has 5 aliphatic rings. The molecule has 2 bridgehead atoms. The van der Waals surface area contributed by atoms with E-state index in [0.717, 1.165) is 36.3 Å². The van der Waals surface area contributed by atoms with Crippen molar-refractivity contribution in [3.63, 3.8) is 0 Å². The van der Waals surface area contributed by atoms with E-state index in [1.54, 1.807) is 58.9 Å². The number of nitrogens with one attached hydrogen (secondary N) is 5. The van der Waals surface area contributed by atoms with Crippen LogP contribution >= 0.6 is 0 Å². The number of benzene rings is 1. The highest BCUT2D eigenvalue weighted by molar-refractivity contribution is 6.12. The van der Waals surface area contributed by atoms with E-state index in [2.05, 4.69) is 46.5 Å². The molecule has 6 rings (SSSR count). The van der Waals surface area contributed by atoms with Crippen LogP contribution in [0.2, 0.25) is 0 Å². The van der Waals surface area contributed by atoms with Gasteiger partial charge in [0, 0.05) is 60.3 Å². The Morgan fingerprint density at radius 3 is 2.18 bits per heavy atom. The highest BCUT2D eigenvalue weighted by Gasteiger charge is 2.78. The number of primary amides is 1. The minimum absolute atomic E-state index is 0.00189. The van der Waals surface area contributed by atoms with Gasteiger partial charge in [0.05, 0.1) is 36.8 Å². The number of amides is 8. The summed E-state index contributed by atoms with van der Waals surface area (Å²) in [5.74, 6) is -8.38. The molecule has 3 fully saturated rings. The topological polar surface area (TPSA) is 347 Å². The number of carboxylic acids is 1. The number of nitrogens with two attached hydrogens (primary N) is 1. The van der Waals surface area contributed by atoms with E-state index in [-0.39, 0.29) is 93.9 Å². The van der Waals surface area contributed by atoms with Crippen molar-refractivity contribution in [2.75, 3.05) is 38.2 Å². The third-order valence-corrected chi connectivity index (χ3v) is 18.2. The number of carboxylic acid groups (broad SMARTS) is 1. The number of nitrogens with zero attached hydrogens (tertiary/aromatic N) is 1. The Balaban J connectivity index is 1.06. The number of carbonyl (C=O) groups excluding carboxylic acids is 10. The van der Waals surface area contributed by atoms with Crippen LogP contribution in [0.1, 0.15) is 138 Å². The number of fused-ring (bicyclic) bond motifs is 2. The molecule has 8 N–H and O–H groups in total. The van der Waals surface area contributed by atoms with E-state index in [0.29, 0.717) is 50.0 Å². The molecule has 0 radical (unpaired) electrons. The van der Waals surface area contributed by atoms with Crippen LogP contribution in [0.25, 0.3) is 0 Å². The number of hydrogen-bond donors (Lipinski definition) is 7. The molecule has 0 aromatic heterocycles. The lowest BCUT2D eigenvalue weighted by Gasteiger charge is -2.57. The van der Waals surface area contributed by atoms with E-state index >= 15 is 0 Å². The van der Waals surface area contributed by atoms with Gasteiger partial charge in [-0.3, -0.25) is 38.5 Å². The molecule has 3 aliphatic heterocycles. The van der Waals surface area contributed by atoms with Crippen LogP contribution in [0.3, 0.4) is 0 Å². The first-order valence-corrected chi connectivity index (χ1v) is 30.1. The summed E-state index contributed by atoms with van der Waals surface area (Å²) in [5.41, 5.74) is 4.36. The molecule has 8 amide bonds. The Morgan fingerprint density at radius 2 is 1.54 bits per heavy atom. The van der Waals surface area contributed by atoms with Gasteiger partial charge in [-0.1, -0.05) is 97.2 Å². The second-order valence-electron chi connectivity index (χ2n) is 24.5. The zero-order valence-electron chi connectivity index (χ0n) is 51.2. The predicted molar refractivity (Wildman–Crippen MR) is 316 cm³/mol. The number of imide groups is 1. The summed E-state index contributed by atoms with van der Waals surface area (Å²) in [4.78, 5) is 143. The summed E-state index contributed by atoms with van der Waals surface area (Å²) in [6, 6.07) is 2.24. The zero-order valence-corrected chi connectivity index (χ0v) is 51.2. The number of hydrogen-bond acceptors (Lipinski definition) is 16. The van der Waals surface area contributed by atoms with E-state index in [1.165, 1.54) is 29.9 Å². The maximum absolute atomic E-state index is 14.7. The van der Waals surface area contributed by atoms with Crippen LogP contribution in [0.4, 0.5) is 10.5 Å². The summed E-state index contributed by atoms with van der Waals surface area (Å²) in [5, 5.41) is 22.5. The van der Waals surface area contributed by atoms with Gasteiger partial charge in [-0.05, 0) is 94.2 Å². The third kappa shape index (κ3) is 17.1. The first-order chi connectivity index (χ1) is 41.2. The average molecular weight is 1210 g/mol. The van der Waals surface area contributed by atoms with E-state index in [1.807, 2.05) is 6.92 Å². The van der Waals surface area contributed by atoms with Crippen molar-refractivity contribution in [1.29, 1.82) is 0 Å². The molecule has 24 heteroatoms. The fourth-order valence-corrected chi connectivity index (χ4v) is 12.1. The van der Waals surface area contributed by atoms with Crippen molar-refractivity contribution in [3.8, 4) is 0 Å². The van der Waals surface area contributed by atoms with Crippen molar-refractivity contribution in [1.82, 2.24) is 26.2 Å². The van der Waals surface area contributed by atoms with Crippen LogP contribution < -0.4 is 32.3 Å². The lowest BCUT2D eigenvalue weighted by atomic mass is 9.52. The van der Waals surface area contributed by atoms with E-state index in [4.69, 9.17) is 34.5 Å². The van der Waals surface area contributed by atoms with Gasteiger partial charge >= 0.3 is 29.9 Å². The van der Waals surface area contributed by atoms with Crippen molar-refractivity contribution in [3.05, 3.63) is 77.9 Å². The zero-order chi connectivity index (χ0) is 63.9. The fourth-order valence-electron chi connectivity index (χ4n) is 12.1. The minimum atomic E-state index is -1.46. The molecule has 1 aromatic carbocycles. The van der Waals surface area contributed by atoms with Crippen molar-refractivity contribution in [2.45, 2.75) is 175 Å². The quantitative estimate of drug-likeness (QED) is 0.00700. The van der Waals surface area contributed by atoms with Gasteiger partial charge in [-0.15, -0.1) is 0 Å². The molecule has 1 aromatic rings. The first kappa shape index (κ1) is 68.4. The normalized spacial score (nSPS) is 23.7. The first-order valence-electron chi connectivity index (χ1n) is 30.1. The van der Waals surface area contributed by atoms with Gasteiger partial charge in [0.15, 0.2) is 0 Å². The largest absolute Gasteiger partial charge is 0.478 e. The number of carbonyl (C=O) groups is 11. The summed E-state index contributed by atoms with van der Waals surface area (Å²) in [6.45, 7) is 14.8. The fraction of sp³-hybridized carbons (Fsp3) is 0.603. The summed E-state index contributed by atoms with van der Waals surface area (Å²) in [7, 11) is 0. The Morgan fingerprint density at radius 1 is 0.851 bits per heavy atom. The number of anilines is 1. The molecule has 2 aliphatic carbocycles. The maximum Gasteiger partial charge on any atom is 0.330 e. The minimum Gasteiger partial charge on any atom is -0.478 e. The SMILES string of the molecule is CC[C@H](CCOC(=O)/C=C/C=C\C(=O)O)C(NC(=O)C(C)(C)C(C)C(=O)OCc1ccc(NC(=O)[C@H](CCCNC(N)=O)NC(=O)C(NC(=O)CCCCCN2C(=O)C=CC2=O)C(C)C)cc1)C(=O)OC[C@]12CCC(C)=C[C@H]1OC1CCC2(C)[C@]12CO2. The maximum atomic E-state index is 14.7. The molecular formula is C63H87N7O17. The molecule has 1 spiro atoms. The Bertz CT molecular complexity index is 2840. The van der Waals surface area contributed by atoms with Crippen LogP contribution in [0.15, 0.2) is 72.4 Å². The summed E-state index contributed by atoms with van der Waals surface area (Å²) in [6.07, 6.45) is 14.0. The number of urea groups is 1. The lowest BCUT2D eigenvalue weighted by Crippen LogP contribution is -2.64. The number of epoxide rings is 1. The number of rotatable bonds is 33. The second kappa shape index (κ2) is 30.3. The van der Waals surface area contributed by atoms with Gasteiger partial charge in [-0.2, -0.15) is 0 Å². The van der Waals surface area contributed by atoms with Gasteiger partial charge in [-0.25, -0.2) is 19.2 Å². The third-order valence-electron chi connectivity index (χ3n) is 18.2. The van der Waals surface area contributed by atoms with Crippen LogP contribution in [0, 0.1) is 34.0 Å². The van der Waals surface area contributed by atoms with Crippen molar-refractivity contribution >= 4 is 71.0 Å². The second-order valence-corrected chi connectivity index (χ2v) is 24.5.